The molecule has 1 aromatic carbocycles. The number of carbonyl (C=O) groups excluding carboxylic acids is 1. The fraction of sp³-hybridized carbons (Fsp3) is 0.316. The van der Waals surface area contributed by atoms with E-state index < -0.39 is 0 Å². The minimum absolute atomic E-state index is 0.0668. The molecule has 0 radical (unpaired) electrons. The number of aromatic amines is 1. The van der Waals surface area contributed by atoms with Gasteiger partial charge in [-0.25, -0.2) is 4.98 Å². The van der Waals surface area contributed by atoms with E-state index in [-0.39, 0.29) is 24.4 Å². The fourth-order valence-electron chi connectivity index (χ4n) is 2.71. The van der Waals surface area contributed by atoms with Crippen LogP contribution in [-0.2, 0) is 11.3 Å². The van der Waals surface area contributed by atoms with Crippen LogP contribution >= 0.6 is 11.3 Å². The molecule has 0 bridgehead atoms. The lowest BCUT2D eigenvalue weighted by Crippen LogP contribution is -2.29. The van der Waals surface area contributed by atoms with Crippen molar-refractivity contribution in [1.82, 2.24) is 14.9 Å². The van der Waals surface area contributed by atoms with Crippen LogP contribution in [0, 0.1) is 13.8 Å². The van der Waals surface area contributed by atoms with Gasteiger partial charge >= 0.3 is 0 Å². The number of nitrogens with zero attached hydrogens (tertiary/aromatic N) is 2. The number of carbonyl (C=O) groups is 1. The number of aromatic nitrogens is 2. The number of hydrogen-bond acceptors (Lipinski definition) is 5. The van der Waals surface area contributed by atoms with Gasteiger partial charge in [0.15, 0.2) is 0 Å². The summed E-state index contributed by atoms with van der Waals surface area (Å²) in [6.07, 6.45) is 0.259. The number of nitrogens with one attached hydrogen (secondary N) is 1. The number of thiophene rings is 1. The maximum atomic E-state index is 12.3. The molecular formula is C19H21N3O3S. The number of hydrogen-bond donors (Lipinski definition) is 1. The first-order chi connectivity index (χ1) is 12.4. The van der Waals surface area contributed by atoms with E-state index in [1.807, 2.05) is 37.4 Å². The van der Waals surface area contributed by atoms with Gasteiger partial charge in [0.2, 0.25) is 5.91 Å². The van der Waals surface area contributed by atoms with Crippen molar-refractivity contribution < 1.29 is 9.53 Å². The quantitative estimate of drug-likeness (QED) is 0.723. The molecule has 2 aromatic heterocycles. The molecule has 0 unspecified atom stereocenters. The van der Waals surface area contributed by atoms with Crippen LogP contribution in [0.15, 0.2) is 34.4 Å². The molecule has 136 valence electrons. The fourth-order valence-corrected chi connectivity index (χ4v) is 3.44. The van der Waals surface area contributed by atoms with Crippen molar-refractivity contribution in [2.45, 2.75) is 26.8 Å². The molecule has 26 heavy (non-hydrogen) atoms. The van der Waals surface area contributed by atoms with Crippen molar-refractivity contribution in [3.8, 4) is 5.75 Å². The second kappa shape index (κ2) is 7.70. The Bertz CT molecular complexity index is 993. The number of ether oxygens (including phenoxy) is 1. The molecule has 1 N–H and O–H groups in total. The van der Waals surface area contributed by atoms with E-state index in [4.69, 9.17) is 4.74 Å². The molecule has 2 heterocycles. The lowest BCUT2D eigenvalue weighted by atomic mass is 10.1. The molecule has 0 spiro atoms. The topological polar surface area (TPSA) is 75.3 Å². The van der Waals surface area contributed by atoms with Crippen LogP contribution in [0.1, 0.15) is 23.4 Å². The SMILES string of the molecule is Cc1ccc(OCCC(=O)N(C)Cc2nc3ccsc3c(=O)[nH]2)c(C)c1. The van der Waals surface area contributed by atoms with Gasteiger partial charge in [-0.1, -0.05) is 17.7 Å². The summed E-state index contributed by atoms with van der Waals surface area (Å²) in [5.74, 6) is 1.20. The lowest BCUT2D eigenvalue weighted by molar-refractivity contribution is -0.131. The number of benzene rings is 1. The third-order valence-corrected chi connectivity index (χ3v) is 4.98. The summed E-state index contributed by atoms with van der Waals surface area (Å²) in [7, 11) is 1.69. The maximum absolute atomic E-state index is 12.3. The van der Waals surface area contributed by atoms with Gasteiger partial charge in [-0.15, -0.1) is 11.3 Å². The van der Waals surface area contributed by atoms with Gasteiger partial charge in [0.1, 0.15) is 16.3 Å². The highest BCUT2D eigenvalue weighted by Crippen LogP contribution is 2.19. The van der Waals surface area contributed by atoms with Crippen LogP contribution in [0.2, 0.25) is 0 Å². The van der Waals surface area contributed by atoms with Crippen molar-refractivity contribution in [2.24, 2.45) is 0 Å². The minimum Gasteiger partial charge on any atom is -0.493 e. The molecule has 3 aromatic rings. The Hall–Kier alpha value is -2.67. The molecule has 0 aliphatic carbocycles. The van der Waals surface area contributed by atoms with Gasteiger partial charge in [0.25, 0.3) is 5.56 Å². The van der Waals surface area contributed by atoms with Crippen LogP contribution in [0.25, 0.3) is 10.2 Å². The standard InChI is InChI=1S/C19H21N3O3S/c1-12-4-5-15(13(2)10-12)25-8-6-17(23)22(3)11-16-20-14-7-9-26-18(14)19(24)21-16/h4-5,7,9-10H,6,8,11H2,1-3H3,(H,20,21,24). The van der Waals surface area contributed by atoms with Crippen LogP contribution in [-0.4, -0.2) is 34.4 Å². The Kier molecular flexibility index (Phi) is 5.37. The zero-order valence-corrected chi connectivity index (χ0v) is 15.9. The molecule has 0 aliphatic rings. The Labute approximate surface area is 155 Å². The molecule has 3 rings (SSSR count). The summed E-state index contributed by atoms with van der Waals surface area (Å²) in [5, 5.41) is 1.83. The van der Waals surface area contributed by atoms with Crippen molar-refractivity contribution >= 4 is 27.5 Å². The first-order valence-corrected chi connectivity index (χ1v) is 9.22. The molecule has 0 atom stereocenters. The number of fused-ring (bicyclic) bond motifs is 1. The first-order valence-electron chi connectivity index (χ1n) is 8.34. The second-order valence-corrected chi connectivity index (χ2v) is 7.18. The Morgan fingerprint density at radius 1 is 1.31 bits per heavy atom. The Morgan fingerprint density at radius 3 is 2.88 bits per heavy atom. The average molecular weight is 371 g/mol. The molecule has 6 nitrogen and oxygen atoms in total. The predicted molar refractivity (Wildman–Crippen MR) is 103 cm³/mol. The monoisotopic (exact) mass is 371 g/mol. The first kappa shape index (κ1) is 18.1. The molecule has 0 fully saturated rings. The molecule has 0 aliphatic heterocycles. The van der Waals surface area contributed by atoms with Crippen LogP contribution < -0.4 is 10.3 Å². The van der Waals surface area contributed by atoms with E-state index in [1.165, 1.54) is 16.9 Å². The third-order valence-electron chi connectivity index (χ3n) is 4.08. The summed E-state index contributed by atoms with van der Waals surface area (Å²) in [5.41, 5.74) is 2.72. The van der Waals surface area contributed by atoms with Gasteiger partial charge in [0.05, 0.1) is 25.1 Å². The van der Waals surface area contributed by atoms with Crippen LogP contribution in [0.5, 0.6) is 5.75 Å². The smallest absolute Gasteiger partial charge is 0.268 e. The zero-order chi connectivity index (χ0) is 18.7. The van der Waals surface area contributed by atoms with E-state index in [9.17, 15) is 9.59 Å². The average Bonchev–Trinajstić information content (AvgIpc) is 3.05. The third kappa shape index (κ3) is 4.11. The minimum atomic E-state index is -0.168. The highest BCUT2D eigenvalue weighted by molar-refractivity contribution is 7.17. The second-order valence-electron chi connectivity index (χ2n) is 6.26. The predicted octanol–water partition coefficient (Wildman–Crippen LogP) is 3.03. The highest BCUT2D eigenvalue weighted by Gasteiger charge is 2.13. The van der Waals surface area contributed by atoms with E-state index in [0.29, 0.717) is 22.6 Å². The van der Waals surface area contributed by atoms with Gasteiger partial charge in [0, 0.05) is 7.05 Å². The van der Waals surface area contributed by atoms with Crippen molar-refractivity contribution in [3.63, 3.8) is 0 Å². The number of aryl methyl sites for hydroxylation is 2. The normalized spacial score (nSPS) is 10.9. The summed E-state index contributed by atoms with van der Waals surface area (Å²) >= 11 is 1.36. The maximum Gasteiger partial charge on any atom is 0.268 e. The van der Waals surface area contributed by atoms with E-state index in [0.717, 1.165) is 11.3 Å². The van der Waals surface area contributed by atoms with Crippen LogP contribution in [0.4, 0.5) is 0 Å². The summed E-state index contributed by atoms with van der Waals surface area (Å²) < 4.78 is 6.31. The van der Waals surface area contributed by atoms with E-state index in [2.05, 4.69) is 9.97 Å². The highest BCUT2D eigenvalue weighted by atomic mass is 32.1. The number of rotatable bonds is 6. The number of H-pyrrole nitrogens is 1. The molecule has 1 amide bonds. The largest absolute Gasteiger partial charge is 0.493 e. The van der Waals surface area contributed by atoms with Gasteiger partial charge < -0.3 is 14.6 Å². The zero-order valence-electron chi connectivity index (χ0n) is 15.0. The summed E-state index contributed by atoms with van der Waals surface area (Å²) in [6, 6.07) is 7.76. The van der Waals surface area contributed by atoms with Gasteiger partial charge in [-0.2, -0.15) is 0 Å². The number of amides is 1. The molecular weight excluding hydrogens is 350 g/mol. The van der Waals surface area contributed by atoms with Crippen molar-refractivity contribution in [3.05, 3.63) is 57.0 Å². The van der Waals surface area contributed by atoms with E-state index >= 15 is 0 Å². The molecule has 0 saturated carbocycles. The van der Waals surface area contributed by atoms with Gasteiger partial charge in [-0.3, -0.25) is 9.59 Å². The molecule has 0 saturated heterocycles. The molecule has 7 heteroatoms. The van der Waals surface area contributed by atoms with E-state index in [1.54, 1.807) is 18.0 Å². The summed E-state index contributed by atoms with van der Waals surface area (Å²) in [6.45, 7) is 4.57. The Balaban J connectivity index is 1.56. The Morgan fingerprint density at radius 2 is 2.12 bits per heavy atom. The van der Waals surface area contributed by atoms with Crippen molar-refractivity contribution in [1.29, 1.82) is 0 Å². The van der Waals surface area contributed by atoms with Crippen LogP contribution in [0.3, 0.4) is 0 Å². The lowest BCUT2D eigenvalue weighted by Gasteiger charge is -2.17. The van der Waals surface area contributed by atoms with Crippen molar-refractivity contribution in [2.75, 3.05) is 13.7 Å². The van der Waals surface area contributed by atoms with Gasteiger partial charge in [-0.05, 0) is 36.9 Å². The summed E-state index contributed by atoms with van der Waals surface area (Å²) in [4.78, 5) is 33.0.